The zero-order chi connectivity index (χ0) is 8.04. The van der Waals surface area contributed by atoms with E-state index in [1.54, 1.807) is 0 Å². The number of ether oxygens (including phenoxy) is 1. The summed E-state index contributed by atoms with van der Waals surface area (Å²) < 4.78 is 38.9. The summed E-state index contributed by atoms with van der Waals surface area (Å²) in [4.78, 5) is 0. The van der Waals surface area contributed by atoms with Gasteiger partial charge in [-0.15, -0.1) is 10.2 Å². The molecule has 0 saturated carbocycles. The Kier molecular flexibility index (Phi) is 9.50. The van der Waals surface area contributed by atoms with Crippen LogP contribution in [-0.2, 0) is 4.74 Å². The second kappa shape index (κ2) is 7.34. The van der Waals surface area contributed by atoms with E-state index < -0.39 is 10.2 Å². The van der Waals surface area contributed by atoms with Crippen LogP contribution in [0.2, 0.25) is 0 Å². The van der Waals surface area contributed by atoms with Gasteiger partial charge in [-0.2, -0.15) is 0 Å². The van der Waals surface area contributed by atoms with E-state index in [0.717, 1.165) is 13.2 Å². The van der Waals surface area contributed by atoms with Crippen molar-refractivity contribution >= 4 is 0 Å². The second-order valence-corrected chi connectivity index (χ2v) is 2.45. The van der Waals surface area contributed by atoms with Crippen molar-refractivity contribution in [2.24, 2.45) is 0 Å². The Morgan fingerprint density at radius 1 is 0.909 bits per heavy atom. The Balaban J connectivity index is 0. The topological polar surface area (TPSA) is 101 Å². The van der Waals surface area contributed by atoms with Crippen LogP contribution in [0.25, 0.3) is 0 Å². The standard InChI is InChI=1S/C4H8O.ClHO4.Li/c1-2-4-5-3-1;2-1(3,4)5;/h1-4H2;(H,2,3,4,5);/q;;+1/p-1. The van der Waals surface area contributed by atoms with E-state index in [0.29, 0.717) is 0 Å². The van der Waals surface area contributed by atoms with Gasteiger partial charge in [0.25, 0.3) is 0 Å². The van der Waals surface area contributed by atoms with Crippen LogP contribution in [0.1, 0.15) is 12.8 Å². The first kappa shape index (κ1) is 14.2. The molecule has 0 aromatic rings. The maximum Gasteiger partial charge on any atom is 1.00 e. The summed E-state index contributed by atoms with van der Waals surface area (Å²) in [7, 11) is -4.94. The first-order chi connectivity index (χ1) is 4.50. The van der Waals surface area contributed by atoms with Gasteiger partial charge in [-0.25, -0.2) is 18.6 Å². The fourth-order valence-corrected chi connectivity index (χ4v) is 0.510. The van der Waals surface area contributed by atoms with E-state index in [4.69, 9.17) is 23.4 Å². The van der Waals surface area contributed by atoms with Crippen molar-refractivity contribution in [3.05, 3.63) is 0 Å². The van der Waals surface area contributed by atoms with Crippen LogP contribution in [0.4, 0.5) is 0 Å². The van der Waals surface area contributed by atoms with Crippen LogP contribution in [-0.4, -0.2) is 13.2 Å². The predicted molar refractivity (Wildman–Crippen MR) is 20.1 cm³/mol. The molecule has 1 saturated heterocycles. The normalized spacial score (nSPS) is 16.4. The van der Waals surface area contributed by atoms with Gasteiger partial charge in [-0.05, 0) is 12.8 Å². The van der Waals surface area contributed by atoms with Gasteiger partial charge in [0.15, 0.2) is 0 Å². The zero-order valence-corrected chi connectivity index (χ0v) is 7.00. The average molecular weight is 178 g/mol. The van der Waals surface area contributed by atoms with Gasteiger partial charge in [0.1, 0.15) is 0 Å². The molecule has 0 radical (unpaired) electrons. The average Bonchev–Trinajstić information content (AvgIpc) is 2.07. The molecule has 7 heteroatoms. The third-order valence-corrected chi connectivity index (χ3v) is 0.827. The number of hydrogen-bond acceptors (Lipinski definition) is 5. The molecule has 1 aliphatic heterocycles. The number of hydrogen-bond donors (Lipinski definition) is 0. The van der Waals surface area contributed by atoms with Crippen LogP contribution >= 0.6 is 0 Å². The predicted octanol–water partition coefficient (Wildman–Crippen LogP) is -6.96. The quantitative estimate of drug-likeness (QED) is 0.343. The van der Waals surface area contributed by atoms with Crippen molar-refractivity contribution in [2.45, 2.75) is 12.8 Å². The molecular formula is C4H8ClLiO5. The monoisotopic (exact) mass is 178 g/mol. The molecular weight excluding hydrogens is 170 g/mol. The maximum absolute atomic E-state index is 8.49. The van der Waals surface area contributed by atoms with Gasteiger partial charge < -0.3 is 4.74 Å². The van der Waals surface area contributed by atoms with Crippen LogP contribution in [0.15, 0.2) is 0 Å². The Hall–Kier alpha value is 0.687. The second-order valence-electron chi connectivity index (χ2n) is 1.70. The smallest absolute Gasteiger partial charge is 0.381 e. The Bertz CT molecular complexity index is 67.4. The minimum atomic E-state index is -4.94. The molecule has 5 nitrogen and oxygen atoms in total. The SMILES string of the molecule is C1CCOC1.[Li+].[O-][Cl+3]([O-])([O-])[O-]. The fourth-order valence-electron chi connectivity index (χ4n) is 0.510. The van der Waals surface area contributed by atoms with Crippen molar-refractivity contribution in [3.8, 4) is 0 Å². The van der Waals surface area contributed by atoms with Gasteiger partial charge in [-0.1, -0.05) is 0 Å². The summed E-state index contributed by atoms with van der Waals surface area (Å²) in [5.41, 5.74) is 0. The van der Waals surface area contributed by atoms with Crippen molar-refractivity contribution in [1.29, 1.82) is 0 Å². The largest absolute Gasteiger partial charge is 1.00 e. The molecule has 1 aliphatic rings. The molecule has 0 spiro atoms. The molecule has 0 aromatic carbocycles. The summed E-state index contributed by atoms with van der Waals surface area (Å²) in [6, 6.07) is 0. The summed E-state index contributed by atoms with van der Waals surface area (Å²) in [5.74, 6) is 0. The van der Waals surface area contributed by atoms with Gasteiger partial charge in [0.2, 0.25) is 0 Å². The maximum atomic E-state index is 8.49. The first-order valence-electron chi connectivity index (χ1n) is 2.69. The Morgan fingerprint density at radius 3 is 1.27 bits per heavy atom. The van der Waals surface area contributed by atoms with E-state index in [9.17, 15) is 0 Å². The molecule has 0 amide bonds. The summed E-state index contributed by atoms with van der Waals surface area (Å²) >= 11 is 0. The number of rotatable bonds is 0. The van der Waals surface area contributed by atoms with Gasteiger partial charge in [0.05, 0.1) is 0 Å². The third-order valence-electron chi connectivity index (χ3n) is 0.827. The molecule has 0 N–H and O–H groups in total. The molecule has 0 aliphatic carbocycles. The van der Waals surface area contributed by atoms with E-state index in [1.807, 2.05) is 0 Å². The summed E-state index contributed by atoms with van der Waals surface area (Å²) in [6.45, 7) is 2.00. The van der Waals surface area contributed by atoms with Crippen molar-refractivity contribution in [2.75, 3.05) is 13.2 Å². The van der Waals surface area contributed by atoms with Gasteiger partial charge in [0, 0.05) is 13.2 Å². The molecule has 0 aromatic heterocycles. The van der Waals surface area contributed by atoms with Crippen LogP contribution in [0.5, 0.6) is 0 Å². The van der Waals surface area contributed by atoms with E-state index in [2.05, 4.69) is 0 Å². The van der Waals surface area contributed by atoms with Crippen molar-refractivity contribution in [1.82, 2.24) is 0 Å². The third kappa shape index (κ3) is 24.9. The number of halogens is 1. The molecule has 0 bridgehead atoms. The molecule has 11 heavy (non-hydrogen) atoms. The van der Waals surface area contributed by atoms with E-state index in [1.165, 1.54) is 12.8 Å². The molecule has 0 atom stereocenters. The minimum absolute atomic E-state index is 0. The van der Waals surface area contributed by atoms with Crippen LogP contribution in [0.3, 0.4) is 0 Å². The molecule has 0 unspecified atom stereocenters. The van der Waals surface area contributed by atoms with Crippen molar-refractivity contribution in [3.63, 3.8) is 0 Å². The van der Waals surface area contributed by atoms with E-state index in [-0.39, 0.29) is 18.9 Å². The van der Waals surface area contributed by atoms with Gasteiger partial charge >= 0.3 is 18.9 Å². The van der Waals surface area contributed by atoms with Crippen LogP contribution in [0, 0.1) is 10.2 Å². The molecule has 62 valence electrons. The Morgan fingerprint density at radius 2 is 1.18 bits per heavy atom. The Labute approximate surface area is 78.9 Å². The van der Waals surface area contributed by atoms with Gasteiger partial charge in [-0.3, -0.25) is 0 Å². The molecule has 1 fully saturated rings. The fraction of sp³-hybridized carbons (Fsp3) is 1.00. The van der Waals surface area contributed by atoms with E-state index >= 15 is 0 Å². The zero-order valence-electron chi connectivity index (χ0n) is 6.25. The molecule has 1 rings (SSSR count). The molecule has 1 heterocycles. The summed E-state index contributed by atoms with van der Waals surface area (Å²) in [5, 5.41) is 0. The minimum Gasteiger partial charge on any atom is -0.381 e. The summed E-state index contributed by atoms with van der Waals surface area (Å²) in [6.07, 6.45) is 2.56. The first-order valence-corrected chi connectivity index (χ1v) is 3.93. The van der Waals surface area contributed by atoms with Crippen molar-refractivity contribution < 1.29 is 52.5 Å². The van der Waals surface area contributed by atoms with Crippen LogP contribution < -0.4 is 37.5 Å².